The molecular weight excluding hydrogens is 418 g/mol. The van der Waals surface area contributed by atoms with Crippen LogP contribution in [0, 0.1) is 13.8 Å². The van der Waals surface area contributed by atoms with Crippen LogP contribution in [-0.4, -0.2) is 33.1 Å². The number of nitrogen functional groups attached to an aromatic ring is 1. The van der Waals surface area contributed by atoms with Gasteiger partial charge in [-0.15, -0.1) is 10.2 Å². The van der Waals surface area contributed by atoms with Gasteiger partial charge in [-0.3, -0.25) is 0 Å². The van der Waals surface area contributed by atoms with Gasteiger partial charge in [0, 0.05) is 23.2 Å². The normalized spacial score (nSPS) is 11.0. The molecule has 31 heavy (non-hydrogen) atoms. The van der Waals surface area contributed by atoms with Crippen LogP contribution in [0.4, 0.5) is 5.69 Å². The van der Waals surface area contributed by atoms with Crippen molar-refractivity contribution in [2.75, 3.05) is 12.8 Å². The maximum absolute atomic E-state index is 11.5. The highest BCUT2D eigenvalue weighted by molar-refractivity contribution is 6.33. The van der Waals surface area contributed by atoms with Crippen molar-refractivity contribution in [2.24, 2.45) is 0 Å². The molecule has 0 saturated heterocycles. The van der Waals surface area contributed by atoms with E-state index < -0.39 is 5.97 Å². The number of carbonyl (C=O) groups excluding carboxylic acids is 1. The fraction of sp³-hybridized carbons (Fsp3) is 0.182. The van der Waals surface area contributed by atoms with Crippen molar-refractivity contribution < 1.29 is 13.9 Å². The summed E-state index contributed by atoms with van der Waals surface area (Å²) in [5.74, 6) is -0.587. The van der Waals surface area contributed by atoms with Crippen molar-refractivity contribution >= 4 is 23.3 Å². The number of rotatable bonds is 5. The molecule has 2 aromatic heterocycles. The highest BCUT2D eigenvalue weighted by Gasteiger charge is 2.17. The minimum atomic E-state index is -0.666. The first-order valence-corrected chi connectivity index (χ1v) is 9.86. The van der Waals surface area contributed by atoms with E-state index in [1.165, 1.54) is 7.11 Å². The number of hydrogen-bond donors (Lipinski definition) is 1. The van der Waals surface area contributed by atoms with E-state index in [-0.39, 0.29) is 11.8 Å². The number of esters is 1. The lowest BCUT2D eigenvalue weighted by molar-refractivity contribution is 0.0556. The lowest BCUT2D eigenvalue weighted by atomic mass is 10.0. The third-order valence-corrected chi connectivity index (χ3v) is 5.36. The van der Waals surface area contributed by atoms with E-state index in [9.17, 15) is 4.79 Å². The highest BCUT2D eigenvalue weighted by atomic mass is 35.5. The summed E-state index contributed by atoms with van der Waals surface area (Å²) in [6.45, 7) is 4.01. The Kier molecular flexibility index (Phi) is 5.48. The van der Waals surface area contributed by atoms with Gasteiger partial charge in [-0.1, -0.05) is 23.7 Å². The number of methoxy groups -OCH3 is 1. The van der Waals surface area contributed by atoms with Crippen LogP contribution >= 0.6 is 11.6 Å². The van der Waals surface area contributed by atoms with Gasteiger partial charge in [-0.05, 0) is 49.7 Å². The summed E-state index contributed by atoms with van der Waals surface area (Å²) in [4.78, 5) is 11.5. The molecule has 158 valence electrons. The Bertz CT molecular complexity index is 1260. The minimum Gasteiger partial charge on any atom is -0.462 e. The van der Waals surface area contributed by atoms with E-state index >= 15 is 0 Å². The van der Waals surface area contributed by atoms with Gasteiger partial charge in [-0.2, -0.15) is 5.10 Å². The third-order valence-electron chi connectivity index (χ3n) is 5.04. The number of anilines is 1. The summed E-state index contributed by atoms with van der Waals surface area (Å²) in [5.41, 5.74) is 12.1. The molecule has 0 atom stereocenters. The fourth-order valence-electron chi connectivity index (χ4n) is 3.31. The van der Waals surface area contributed by atoms with Crippen molar-refractivity contribution in [3.63, 3.8) is 0 Å². The highest BCUT2D eigenvalue weighted by Crippen LogP contribution is 2.26. The number of nitrogens with zero attached hydrogens (tertiary/aromatic N) is 4. The van der Waals surface area contributed by atoms with Crippen LogP contribution in [0.1, 0.15) is 33.2 Å². The van der Waals surface area contributed by atoms with Crippen LogP contribution in [0.25, 0.3) is 17.1 Å². The molecule has 9 heteroatoms. The summed E-state index contributed by atoms with van der Waals surface area (Å²) in [5, 5.41) is 12.8. The molecule has 4 rings (SSSR count). The second-order valence-electron chi connectivity index (χ2n) is 7.04. The number of aryl methyl sites for hydroxylation is 1. The molecule has 2 N–H and O–H groups in total. The predicted octanol–water partition coefficient (Wildman–Crippen LogP) is 4.15. The molecule has 0 radical (unpaired) electrons. The Morgan fingerprint density at radius 3 is 2.58 bits per heavy atom. The summed E-state index contributed by atoms with van der Waals surface area (Å²) >= 11 is 6.18. The molecule has 0 aliphatic carbocycles. The number of ether oxygens (including phenoxy) is 1. The Balaban J connectivity index is 1.57. The van der Waals surface area contributed by atoms with Gasteiger partial charge in [0.2, 0.25) is 5.89 Å². The first-order chi connectivity index (χ1) is 14.9. The van der Waals surface area contributed by atoms with Crippen LogP contribution in [0.5, 0.6) is 0 Å². The average molecular weight is 438 g/mol. The number of benzene rings is 2. The molecular formula is C22H20ClN5O3. The maximum Gasteiger partial charge on any atom is 0.396 e. The molecule has 0 spiro atoms. The molecule has 2 aromatic carbocycles. The van der Waals surface area contributed by atoms with Gasteiger partial charge in [0.1, 0.15) is 0 Å². The van der Waals surface area contributed by atoms with Gasteiger partial charge in [0.15, 0.2) is 0 Å². The van der Waals surface area contributed by atoms with Crippen molar-refractivity contribution in [3.05, 3.63) is 75.9 Å². The molecule has 0 aliphatic heterocycles. The Labute approximate surface area is 183 Å². The zero-order valence-electron chi connectivity index (χ0n) is 17.2. The summed E-state index contributed by atoms with van der Waals surface area (Å²) < 4.78 is 11.8. The smallest absolute Gasteiger partial charge is 0.396 e. The maximum atomic E-state index is 11.5. The van der Waals surface area contributed by atoms with Crippen LogP contribution in [-0.2, 0) is 11.2 Å². The van der Waals surface area contributed by atoms with Crippen LogP contribution in [0.15, 0.2) is 46.9 Å². The number of halogens is 1. The zero-order valence-corrected chi connectivity index (χ0v) is 18.0. The first kappa shape index (κ1) is 20.6. The third kappa shape index (κ3) is 4.02. The van der Waals surface area contributed by atoms with Crippen molar-refractivity contribution in [2.45, 2.75) is 20.3 Å². The van der Waals surface area contributed by atoms with Crippen molar-refractivity contribution in [1.29, 1.82) is 0 Å². The minimum absolute atomic E-state index is 0.178. The lowest BCUT2D eigenvalue weighted by Gasteiger charge is -2.08. The van der Waals surface area contributed by atoms with E-state index in [2.05, 4.69) is 20.0 Å². The number of nitrogens with two attached hydrogens (primary N) is 1. The van der Waals surface area contributed by atoms with E-state index in [0.29, 0.717) is 22.7 Å². The Hall–Kier alpha value is -3.65. The van der Waals surface area contributed by atoms with Crippen molar-refractivity contribution in [3.8, 4) is 17.1 Å². The fourth-order valence-corrected chi connectivity index (χ4v) is 3.48. The van der Waals surface area contributed by atoms with Gasteiger partial charge in [0.05, 0.1) is 29.2 Å². The van der Waals surface area contributed by atoms with Gasteiger partial charge >= 0.3 is 11.9 Å². The van der Waals surface area contributed by atoms with Crippen LogP contribution in [0.2, 0.25) is 5.02 Å². The molecule has 0 saturated carbocycles. The second kappa shape index (κ2) is 8.23. The van der Waals surface area contributed by atoms with Crippen LogP contribution in [0.3, 0.4) is 0 Å². The molecule has 0 fully saturated rings. The van der Waals surface area contributed by atoms with Gasteiger partial charge in [0.25, 0.3) is 0 Å². The SMILES string of the molecule is COC(=O)c1nnc(-c2ccc(Cc3c(C)nn(-c4ccc(N)c(Cl)c4)c3C)cc2)o1. The molecule has 0 unspecified atom stereocenters. The quantitative estimate of drug-likeness (QED) is 0.369. The first-order valence-electron chi connectivity index (χ1n) is 9.49. The molecule has 2 heterocycles. The van der Waals surface area contributed by atoms with E-state index in [4.69, 9.17) is 21.8 Å². The lowest BCUT2D eigenvalue weighted by Crippen LogP contribution is -2.00. The molecule has 0 bridgehead atoms. The van der Waals surface area contributed by atoms with E-state index in [1.807, 2.05) is 54.9 Å². The van der Waals surface area contributed by atoms with Gasteiger partial charge < -0.3 is 14.9 Å². The number of hydrogen-bond acceptors (Lipinski definition) is 7. The summed E-state index contributed by atoms with van der Waals surface area (Å²) in [6, 6.07) is 13.2. The largest absolute Gasteiger partial charge is 0.462 e. The monoisotopic (exact) mass is 437 g/mol. The molecule has 0 aliphatic rings. The zero-order chi connectivity index (χ0) is 22.1. The van der Waals surface area contributed by atoms with E-state index in [1.54, 1.807) is 6.07 Å². The second-order valence-corrected chi connectivity index (χ2v) is 7.45. The number of aromatic nitrogens is 4. The topological polar surface area (TPSA) is 109 Å². The van der Waals surface area contributed by atoms with E-state index in [0.717, 1.165) is 28.2 Å². The summed E-state index contributed by atoms with van der Waals surface area (Å²) in [6.07, 6.45) is 0.706. The summed E-state index contributed by atoms with van der Waals surface area (Å²) in [7, 11) is 1.26. The molecule has 0 amide bonds. The molecule has 4 aromatic rings. The standard InChI is InChI=1S/C22H20ClN5O3/c1-12-17(13(2)28(27-12)16-8-9-19(24)18(23)11-16)10-14-4-6-15(7-5-14)20-25-26-21(31-20)22(29)30-3/h4-9,11H,10,24H2,1-3H3. The van der Waals surface area contributed by atoms with Crippen molar-refractivity contribution in [1.82, 2.24) is 20.0 Å². The average Bonchev–Trinajstić information content (AvgIpc) is 3.37. The molecule has 8 nitrogen and oxygen atoms in total. The predicted molar refractivity (Wildman–Crippen MR) is 116 cm³/mol. The van der Waals surface area contributed by atoms with Crippen LogP contribution < -0.4 is 5.73 Å². The Morgan fingerprint density at radius 2 is 1.90 bits per heavy atom. The Morgan fingerprint density at radius 1 is 1.16 bits per heavy atom. The number of carbonyl (C=O) groups is 1. The van der Waals surface area contributed by atoms with Gasteiger partial charge in [-0.25, -0.2) is 9.48 Å².